The molecule has 0 saturated heterocycles. The number of rotatable bonds is 12. The Morgan fingerprint density at radius 2 is 0.629 bits per heavy atom. The fourth-order valence-corrected chi connectivity index (χ4v) is 16.0. The van der Waals surface area contributed by atoms with Crippen molar-refractivity contribution >= 4 is 0 Å². The number of alkyl halides is 4. The van der Waals surface area contributed by atoms with Gasteiger partial charge in [0, 0.05) is 32.8 Å². The molecule has 6 aromatic rings. The van der Waals surface area contributed by atoms with Gasteiger partial charge in [-0.05, 0) is 246 Å². The van der Waals surface area contributed by atoms with E-state index in [1.165, 1.54) is 114 Å². The highest BCUT2D eigenvalue weighted by atomic mass is 19.3. The van der Waals surface area contributed by atoms with Gasteiger partial charge >= 0.3 is 12.2 Å². The second-order valence-electron chi connectivity index (χ2n) is 28.7. The number of aryl methyl sites for hydroxylation is 1. The maximum atomic E-state index is 14.4. The van der Waals surface area contributed by atoms with Crippen molar-refractivity contribution < 1.29 is 92.7 Å². The zero-order valence-electron chi connectivity index (χ0n) is 55.3. The molecule has 0 spiro atoms. The first-order valence-corrected chi connectivity index (χ1v) is 34.6. The van der Waals surface area contributed by atoms with Crippen LogP contribution in [0.2, 0.25) is 0 Å². The molecule has 0 N–H and O–H groups in total. The Kier molecular flexibility index (Phi) is 25.7. The van der Waals surface area contributed by atoms with E-state index in [4.69, 9.17) is 0 Å². The van der Waals surface area contributed by atoms with E-state index in [0.29, 0.717) is 66.0 Å². The largest absolute Gasteiger partial charge is 0.432 e. The predicted molar refractivity (Wildman–Crippen MR) is 353 cm³/mol. The zero-order chi connectivity index (χ0) is 70.0. The number of hydrogen-bond donors (Lipinski definition) is 0. The Labute approximate surface area is 567 Å². The van der Waals surface area contributed by atoms with E-state index in [1.54, 1.807) is 37.3 Å². The molecule has 542 valence electrons. The van der Waals surface area contributed by atoms with E-state index in [0.717, 1.165) is 104 Å². The summed E-state index contributed by atoms with van der Waals surface area (Å²) >= 11 is 0. The Morgan fingerprint density at radius 1 is 0.309 bits per heavy atom. The van der Waals surface area contributed by atoms with Crippen LogP contribution in [0.5, 0.6) is 11.5 Å². The summed E-state index contributed by atoms with van der Waals surface area (Å²) in [5, 5.41) is 0. The van der Waals surface area contributed by atoms with E-state index in [9.17, 15) is 74.6 Å². The molecule has 0 heterocycles. The third-order valence-corrected chi connectivity index (χ3v) is 22.0. The summed E-state index contributed by atoms with van der Waals surface area (Å²) in [7, 11) is 0. The minimum Gasteiger partial charge on any atom is -0.432 e. The molecule has 6 aliphatic rings. The molecule has 12 rings (SSSR count). The molecule has 6 fully saturated rings. The van der Waals surface area contributed by atoms with E-state index in [2.05, 4.69) is 30.2 Å². The molecule has 0 aromatic heterocycles. The highest BCUT2D eigenvalue weighted by Crippen LogP contribution is 2.49. The number of benzene rings is 6. The van der Waals surface area contributed by atoms with Gasteiger partial charge in [-0.1, -0.05) is 95.2 Å². The molecule has 0 amide bonds. The van der Waals surface area contributed by atoms with Crippen LogP contribution in [0.15, 0.2) is 91.0 Å². The highest BCUT2D eigenvalue weighted by Gasteiger charge is 2.46. The minimum absolute atomic E-state index is 0. The van der Waals surface area contributed by atoms with Gasteiger partial charge in [-0.2, -0.15) is 17.6 Å². The summed E-state index contributed by atoms with van der Waals surface area (Å²) in [6.07, 6.45) is 18.8. The quantitative estimate of drug-likeness (QED) is 0.0898. The first-order valence-electron chi connectivity index (χ1n) is 34.6. The van der Waals surface area contributed by atoms with Crippen molar-refractivity contribution in [3.05, 3.63) is 189 Å². The highest BCUT2D eigenvalue weighted by molar-refractivity contribution is 5.64. The second kappa shape index (κ2) is 33.3. The fraction of sp³-hybridized carbons (Fsp3) is 0.538. The summed E-state index contributed by atoms with van der Waals surface area (Å²) in [6, 6.07) is 15.9. The van der Waals surface area contributed by atoms with E-state index >= 15 is 0 Å². The number of halogens is 17. The van der Waals surface area contributed by atoms with Crippen molar-refractivity contribution in [1.82, 2.24) is 0 Å². The van der Waals surface area contributed by atoms with Gasteiger partial charge in [0.2, 0.25) is 0 Å². The van der Waals surface area contributed by atoms with Crippen molar-refractivity contribution in [3.63, 3.8) is 0 Å². The Bertz CT molecular complexity index is 3470. The van der Waals surface area contributed by atoms with Gasteiger partial charge in [0.05, 0.1) is 5.92 Å². The topological polar surface area (TPSA) is 18.5 Å². The average Bonchev–Trinajstić information content (AvgIpc) is 0.783. The summed E-state index contributed by atoms with van der Waals surface area (Å²) < 4.78 is 239. The molecule has 0 atom stereocenters. The normalized spacial score (nSPS) is 26.2. The SMILES string of the molecule is CC1CCC(C2CCC(C(F)(F)Oc3cc(F)c(F)c(F)c3)CC2)CC1.CC1CCC(C2CCC(c3cc(F)c(F)c(F)c3)CC2)CC1.CC1CCC(C2CCC(c3ccc(F)c(F)c3)CC2)CC1.Cc1ccc(-c2cc(F)c(C(F)(F)Oc3cc(F)c(F)c(F)c3)c(F)c2)cc1.[HH].[HH].[HH].[HH].[HH].[HH]. The van der Waals surface area contributed by atoms with Gasteiger partial charge in [-0.25, -0.2) is 57.1 Å². The van der Waals surface area contributed by atoms with E-state index < -0.39 is 111 Å². The van der Waals surface area contributed by atoms with Crippen LogP contribution in [0.1, 0.15) is 218 Å². The lowest BCUT2D eigenvalue weighted by Crippen LogP contribution is -2.38. The molecule has 2 nitrogen and oxygen atoms in total. The van der Waals surface area contributed by atoms with E-state index in [1.807, 2.05) is 0 Å². The minimum atomic E-state index is -4.61. The molecule has 0 bridgehead atoms. The predicted octanol–water partition coefficient (Wildman–Crippen LogP) is 26.9. The summed E-state index contributed by atoms with van der Waals surface area (Å²) in [4.78, 5) is 0. The fourth-order valence-electron chi connectivity index (χ4n) is 16.0. The van der Waals surface area contributed by atoms with Gasteiger partial charge in [-0.15, -0.1) is 0 Å². The molecule has 0 radical (unpaired) electrons. The average molecular weight is 1390 g/mol. The molecular formula is C78H99F17O2. The Balaban J connectivity index is 0.000000352. The first-order chi connectivity index (χ1) is 46.0. The smallest absolute Gasteiger partial charge is 0.432 e. The number of hydrogen-bond acceptors (Lipinski definition) is 2. The Morgan fingerprint density at radius 3 is 1.00 bits per heavy atom. The molecule has 6 saturated carbocycles. The van der Waals surface area contributed by atoms with Crippen LogP contribution >= 0.6 is 0 Å². The lowest BCUT2D eigenvalue weighted by molar-refractivity contribution is -0.224. The molecule has 6 aromatic carbocycles. The van der Waals surface area contributed by atoms with Gasteiger partial charge in [0.1, 0.15) is 28.7 Å². The molecule has 6 aliphatic carbocycles. The summed E-state index contributed by atoms with van der Waals surface area (Å²) in [5.74, 6) is -13.5. The zero-order valence-corrected chi connectivity index (χ0v) is 55.3. The summed E-state index contributed by atoms with van der Waals surface area (Å²) in [6.45, 7) is 8.76. The van der Waals surface area contributed by atoms with Crippen LogP contribution in [0.4, 0.5) is 74.6 Å². The van der Waals surface area contributed by atoms with Gasteiger partial charge in [0.25, 0.3) is 0 Å². The molecular weight excluding hydrogens is 1290 g/mol. The summed E-state index contributed by atoms with van der Waals surface area (Å²) in [5.41, 5.74) is 1.17. The molecule has 0 unspecified atom stereocenters. The van der Waals surface area contributed by atoms with E-state index in [-0.39, 0.29) is 32.2 Å². The first kappa shape index (κ1) is 74.9. The maximum Gasteiger partial charge on any atom is 0.432 e. The second-order valence-corrected chi connectivity index (χ2v) is 28.7. The maximum absolute atomic E-state index is 14.4. The van der Waals surface area contributed by atoms with Crippen molar-refractivity contribution in [3.8, 4) is 22.6 Å². The van der Waals surface area contributed by atoms with Crippen molar-refractivity contribution in [1.29, 1.82) is 0 Å². The molecule has 0 aliphatic heterocycles. The van der Waals surface area contributed by atoms with Crippen LogP contribution < -0.4 is 9.47 Å². The lowest BCUT2D eigenvalue weighted by Gasteiger charge is -2.38. The van der Waals surface area contributed by atoms with Gasteiger partial charge in [0.15, 0.2) is 64.0 Å². The third kappa shape index (κ3) is 19.8. The van der Waals surface area contributed by atoms with Crippen LogP contribution in [0.25, 0.3) is 11.1 Å². The van der Waals surface area contributed by atoms with Crippen LogP contribution in [-0.4, -0.2) is 6.11 Å². The van der Waals surface area contributed by atoms with Crippen molar-refractivity contribution in [2.45, 2.75) is 206 Å². The van der Waals surface area contributed by atoms with Crippen molar-refractivity contribution in [2.24, 2.45) is 59.2 Å². The lowest BCUT2D eigenvalue weighted by atomic mass is 9.68. The number of ether oxygens (including phenoxy) is 2. The van der Waals surface area contributed by atoms with Crippen LogP contribution in [0, 0.1) is 142 Å². The monoisotopic (exact) mass is 1390 g/mol. The molecule has 97 heavy (non-hydrogen) atoms. The standard InChI is InChI=1S/C20H11F7O.C20H25F5O.C19H25F3.C19H26F2.6H2/c1-10-2-4-11(5-3-10)12-6-14(21)18(15(22)7-12)20(26,27)28-13-8-16(23)19(25)17(24)9-13;1-12-2-4-13(5-3-12)14-6-8-15(9-7-14)20(24,25)26-16-10-17(21)19(23)18(22)11-16;1-12-2-4-13(5-3-12)14-6-8-15(9-7-14)16-10-17(20)19(22)18(21)11-16;1-13-2-4-14(5-3-13)15-6-8-16(9-7-15)17-10-11-18(20)19(21)12-17;;;;;;/h2-9H,1H3;10-15H,2-9H2,1H3;10-15H,2-9H2,1H3;10-16H,2-9H2,1H3;6*1H. The van der Waals surface area contributed by atoms with Crippen LogP contribution in [-0.2, 0) is 6.11 Å². The third-order valence-electron chi connectivity index (χ3n) is 22.0. The van der Waals surface area contributed by atoms with Gasteiger partial charge < -0.3 is 9.47 Å². The molecule has 19 heteroatoms. The Hall–Kier alpha value is -6.27. The van der Waals surface area contributed by atoms with Gasteiger partial charge in [-0.3, -0.25) is 0 Å². The van der Waals surface area contributed by atoms with Crippen LogP contribution in [0.3, 0.4) is 0 Å². The van der Waals surface area contributed by atoms with Crippen molar-refractivity contribution in [2.75, 3.05) is 0 Å².